The van der Waals surface area contributed by atoms with Crippen molar-refractivity contribution >= 4 is 5.91 Å². The molecule has 0 saturated carbocycles. The van der Waals surface area contributed by atoms with Crippen LogP contribution in [0.2, 0.25) is 0 Å². The molecule has 32 heavy (non-hydrogen) atoms. The van der Waals surface area contributed by atoms with E-state index in [0.29, 0.717) is 12.5 Å². The molecule has 0 radical (unpaired) electrons. The Labute approximate surface area is 202 Å². The van der Waals surface area contributed by atoms with E-state index in [-0.39, 0.29) is 0 Å². The van der Waals surface area contributed by atoms with Crippen LogP contribution in [0.25, 0.3) is 0 Å². The molecule has 0 N–H and O–H groups in total. The normalized spacial score (nSPS) is 11.6. The van der Waals surface area contributed by atoms with Crippen LogP contribution >= 0.6 is 0 Å². The molecule has 0 aliphatic rings. The Morgan fingerprint density at radius 2 is 0.875 bits per heavy atom. The summed E-state index contributed by atoms with van der Waals surface area (Å²) in [6, 6.07) is 0. The molecule has 0 atom stereocenters. The van der Waals surface area contributed by atoms with Crippen LogP contribution < -0.4 is 0 Å². The van der Waals surface area contributed by atoms with Gasteiger partial charge in [-0.15, -0.1) is 0 Å². The first kappa shape index (κ1) is 31.4. The average Bonchev–Trinajstić information content (AvgIpc) is 2.80. The quantitative estimate of drug-likeness (QED) is 0.147. The fourth-order valence-electron chi connectivity index (χ4n) is 4.43. The summed E-state index contributed by atoms with van der Waals surface area (Å²) in [5, 5.41) is 0. The molecule has 0 unspecified atom stereocenters. The molecule has 4 nitrogen and oxygen atoms in total. The minimum atomic E-state index is 0.299. The SMILES string of the molecule is CCCCCCCCCN(CC)CCN(CCCCCCCCC)CC(=O)N(CC)CC. The summed E-state index contributed by atoms with van der Waals surface area (Å²) in [4.78, 5) is 19.7. The molecule has 0 aromatic carbocycles. The number of nitrogens with zero attached hydrogens (tertiary/aromatic N) is 3. The lowest BCUT2D eigenvalue weighted by Crippen LogP contribution is -2.43. The molecule has 0 heterocycles. The van der Waals surface area contributed by atoms with Crippen LogP contribution in [0.4, 0.5) is 0 Å². The predicted molar refractivity (Wildman–Crippen MR) is 142 cm³/mol. The molecule has 0 bridgehead atoms. The van der Waals surface area contributed by atoms with E-state index in [1.807, 2.05) is 4.90 Å². The highest BCUT2D eigenvalue weighted by Gasteiger charge is 2.16. The maximum absolute atomic E-state index is 12.7. The number of carbonyl (C=O) groups is 1. The number of hydrogen-bond acceptors (Lipinski definition) is 3. The van der Waals surface area contributed by atoms with Crippen LogP contribution in [0.15, 0.2) is 0 Å². The van der Waals surface area contributed by atoms with Gasteiger partial charge in [0.15, 0.2) is 0 Å². The van der Waals surface area contributed by atoms with Gasteiger partial charge in [0.1, 0.15) is 0 Å². The number of unbranched alkanes of at least 4 members (excludes halogenated alkanes) is 12. The van der Waals surface area contributed by atoms with Crippen LogP contribution in [0.3, 0.4) is 0 Å². The smallest absolute Gasteiger partial charge is 0.236 e. The third-order valence-corrected chi connectivity index (χ3v) is 6.81. The van der Waals surface area contributed by atoms with Gasteiger partial charge in [-0.1, -0.05) is 97.8 Å². The van der Waals surface area contributed by atoms with Crippen molar-refractivity contribution in [2.24, 2.45) is 0 Å². The highest BCUT2D eigenvalue weighted by molar-refractivity contribution is 5.78. The van der Waals surface area contributed by atoms with Crippen LogP contribution in [0.5, 0.6) is 0 Å². The van der Waals surface area contributed by atoms with E-state index in [0.717, 1.165) is 39.3 Å². The van der Waals surface area contributed by atoms with E-state index in [4.69, 9.17) is 0 Å². The van der Waals surface area contributed by atoms with E-state index in [2.05, 4.69) is 44.4 Å². The van der Waals surface area contributed by atoms with Crippen molar-refractivity contribution in [3.05, 3.63) is 0 Å². The second-order valence-corrected chi connectivity index (χ2v) is 9.52. The molecule has 0 rings (SSSR count). The minimum Gasteiger partial charge on any atom is -0.342 e. The fraction of sp³-hybridized carbons (Fsp3) is 0.964. The molecule has 0 spiro atoms. The number of likely N-dealkylation sites (N-methyl/N-ethyl adjacent to an activating group) is 2. The molecule has 0 aromatic heterocycles. The van der Waals surface area contributed by atoms with E-state index < -0.39 is 0 Å². The number of hydrogen-bond donors (Lipinski definition) is 0. The second-order valence-electron chi connectivity index (χ2n) is 9.52. The monoisotopic (exact) mass is 453 g/mol. The van der Waals surface area contributed by atoms with Crippen molar-refractivity contribution in [1.29, 1.82) is 0 Å². The van der Waals surface area contributed by atoms with Gasteiger partial charge in [-0.3, -0.25) is 9.69 Å². The Hall–Kier alpha value is -0.610. The maximum Gasteiger partial charge on any atom is 0.236 e. The molecular formula is C28H59N3O. The summed E-state index contributed by atoms with van der Waals surface area (Å²) >= 11 is 0. The number of carbonyl (C=O) groups excluding carboxylic acids is 1. The van der Waals surface area contributed by atoms with Crippen molar-refractivity contribution < 1.29 is 4.79 Å². The summed E-state index contributed by atoms with van der Waals surface area (Å²) in [5.74, 6) is 0.299. The van der Waals surface area contributed by atoms with E-state index in [9.17, 15) is 4.79 Å². The summed E-state index contributed by atoms with van der Waals surface area (Å²) in [7, 11) is 0. The molecule has 0 aliphatic carbocycles. The predicted octanol–water partition coefficient (Wildman–Crippen LogP) is 6.98. The fourth-order valence-corrected chi connectivity index (χ4v) is 4.43. The van der Waals surface area contributed by atoms with Crippen molar-refractivity contribution in [3.8, 4) is 0 Å². The number of amides is 1. The third-order valence-electron chi connectivity index (χ3n) is 6.81. The highest BCUT2D eigenvalue weighted by atomic mass is 16.2. The average molecular weight is 454 g/mol. The van der Waals surface area contributed by atoms with Crippen molar-refractivity contribution in [3.63, 3.8) is 0 Å². The van der Waals surface area contributed by atoms with E-state index in [1.165, 1.54) is 96.4 Å². The van der Waals surface area contributed by atoms with Gasteiger partial charge in [0.2, 0.25) is 5.91 Å². The maximum atomic E-state index is 12.7. The molecular weight excluding hydrogens is 394 g/mol. The third kappa shape index (κ3) is 17.9. The molecule has 192 valence electrons. The Morgan fingerprint density at radius 1 is 0.469 bits per heavy atom. The van der Waals surface area contributed by atoms with Crippen molar-refractivity contribution in [2.45, 2.75) is 125 Å². The summed E-state index contributed by atoms with van der Waals surface area (Å²) in [6.45, 7) is 18.7. The lowest BCUT2D eigenvalue weighted by molar-refractivity contribution is -0.132. The van der Waals surface area contributed by atoms with Gasteiger partial charge < -0.3 is 9.80 Å². The first-order chi connectivity index (χ1) is 15.6. The zero-order valence-electron chi connectivity index (χ0n) is 22.8. The lowest BCUT2D eigenvalue weighted by atomic mass is 10.1. The topological polar surface area (TPSA) is 26.8 Å². The van der Waals surface area contributed by atoms with E-state index in [1.54, 1.807) is 0 Å². The van der Waals surface area contributed by atoms with Crippen LogP contribution in [-0.4, -0.2) is 73.0 Å². The Balaban J connectivity index is 4.37. The molecule has 0 saturated heterocycles. The minimum absolute atomic E-state index is 0.299. The largest absolute Gasteiger partial charge is 0.342 e. The molecule has 1 amide bonds. The van der Waals surface area contributed by atoms with Crippen molar-refractivity contribution in [1.82, 2.24) is 14.7 Å². The van der Waals surface area contributed by atoms with Gasteiger partial charge in [0.25, 0.3) is 0 Å². The van der Waals surface area contributed by atoms with Gasteiger partial charge in [-0.05, 0) is 46.3 Å². The summed E-state index contributed by atoms with van der Waals surface area (Å²) in [6.07, 6.45) is 18.9. The van der Waals surface area contributed by atoms with Crippen molar-refractivity contribution in [2.75, 3.05) is 52.4 Å². The van der Waals surface area contributed by atoms with Gasteiger partial charge in [-0.25, -0.2) is 0 Å². The van der Waals surface area contributed by atoms with Crippen LogP contribution in [0, 0.1) is 0 Å². The molecule has 0 aromatic rings. The molecule has 0 fully saturated rings. The first-order valence-electron chi connectivity index (χ1n) is 14.3. The summed E-state index contributed by atoms with van der Waals surface area (Å²) in [5.41, 5.74) is 0. The molecule has 0 aliphatic heterocycles. The van der Waals surface area contributed by atoms with Gasteiger partial charge in [0, 0.05) is 26.2 Å². The second kappa shape index (κ2) is 23.5. The standard InChI is InChI=1S/C28H59N3O/c1-6-11-13-15-17-19-21-23-29(8-3)25-26-30(27-28(32)31(9-4)10-5)24-22-20-18-16-14-12-7-2/h6-27H2,1-5H3. The van der Waals surface area contributed by atoms with Gasteiger partial charge >= 0.3 is 0 Å². The zero-order chi connectivity index (χ0) is 23.9. The highest BCUT2D eigenvalue weighted by Crippen LogP contribution is 2.09. The Morgan fingerprint density at radius 3 is 1.31 bits per heavy atom. The van der Waals surface area contributed by atoms with Gasteiger partial charge in [-0.2, -0.15) is 0 Å². The Kier molecular flexibility index (Phi) is 23.1. The Bertz CT molecular complexity index is 398. The van der Waals surface area contributed by atoms with Crippen LogP contribution in [-0.2, 0) is 4.79 Å². The van der Waals surface area contributed by atoms with Crippen LogP contribution in [0.1, 0.15) is 125 Å². The van der Waals surface area contributed by atoms with E-state index >= 15 is 0 Å². The lowest BCUT2D eigenvalue weighted by Gasteiger charge is -2.29. The zero-order valence-corrected chi connectivity index (χ0v) is 22.8. The number of rotatable bonds is 24. The summed E-state index contributed by atoms with van der Waals surface area (Å²) < 4.78 is 0. The molecule has 4 heteroatoms. The van der Waals surface area contributed by atoms with Gasteiger partial charge in [0.05, 0.1) is 6.54 Å². The first-order valence-corrected chi connectivity index (χ1v) is 14.3.